The summed E-state index contributed by atoms with van der Waals surface area (Å²) in [5.74, 6) is 0. The predicted molar refractivity (Wildman–Crippen MR) is 60.5 cm³/mol. The summed E-state index contributed by atoms with van der Waals surface area (Å²) in [5, 5.41) is 18.1. The van der Waals surface area contributed by atoms with Crippen LogP contribution in [0, 0.1) is 11.3 Å². The Bertz CT molecular complexity index is 562. The van der Waals surface area contributed by atoms with Crippen molar-refractivity contribution in [2.45, 2.75) is 17.4 Å². The maximum Gasteiger partial charge on any atom is 0.243 e. The number of sulfonamides is 1. The largest absolute Gasteiger partial charge is 0.392 e. The molecule has 1 saturated heterocycles. The van der Waals surface area contributed by atoms with Gasteiger partial charge in [-0.2, -0.15) is 9.57 Å². The Morgan fingerprint density at radius 2 is 2.24 bits per heavy atom. The summed E-state index contributed by atoms with van der Waals surface area (Å²) in [6, 6.07) is 7.81. The van der Waals surface area contributed by atoms with E-state index in [1.807, 2.05) is 6.07 Å². The number of benzene rings is 1. The number of nitriles is 1. The molecule has 0 amide bonds. The van der Waals surface area contributed by atoms with Crippen LogP contribution in [0.2, 0.25) is 0 Å². The molecule has 1 N–H and O–H groups in total. The molecule has 1 aliphatic heterocycles. The van der Waals surface area contributed by atoms with Gasteiger partial charge in [0.25, 0.3) is 0 Å². The molecule has 1 aliphatic rings. The van der Waals surface area contributed by atoms with E-state index in [-0.39, 0.29) is 11.4 Å². The highest BCUT2D eigenvalue weighted by atomic mass is 32.2. The van der Waals surface area contributed by atoms with E-state index in [1.54, 1.807) is 6.07 Å². The lowest BCUT2D eigenvalue weighted by Crippen LogP contribution is -2.29. The molecule has 1 fully saturated rings. The molecular formula is C11H12N2O3S. The van der Waals surface area contributed by atoms with Crippen LogP contribution in [0.4, 0.5) is 0 Å². The van der Waals surface area contributed by atoms with Gasteiger partial charge in [-0.3, -0.25) is 0 Å². The second kappa shape index (κ2) is 4.45. The van der Waals surface area contributed by atoms with Gasteiger partial charge in [0.1, 0.15) is 0 Å². The summed E-state index contributed by atoms with van der Waals surface area (Å²) in [5.41, 5.74) is 0.311. The van der Waals surface area contributed by atoms with Gasteiger partial charge < -0.3 is 5.11 Å². The van der Waals surface area contributed by atoms with Crippen molar-refractivity contribution in [1.29, 1.82) is 5.26 Å². The predicted octanol–water partition coefficient (Wildman–Crippen LogP) is 0.314. The molecule has 1 heterocycles. The zero-order chi connectivity index (χ0) is 12.5. The van der Waals surface area contributed by atoms with Crippen molar-refractivity contribution >= 4 is 10.0 Å². The van der Waals surface area contributed by atoms with Gasteiger partial charge in [-0.25, -0.2) is 8.42 Å². The van der Waals surface area contributed by atoms with Crippen molar-refractivity contribution in [3.63, 3.8) is 0 Å². The average molecular weight is 252 g/mol. The Balaban J connectivity index is 2.35. The summed E-state index contributed by atoms with van der Waals surface area (Å²) in [6.07, 6.45) is -0.138. The van der Waals surface area contributed by atoms with Gasteiger partial charge in [0.2, 0.25) is 10.0 Å². The van der Waals surface area contributed by atoms with Gasteiger partial charge in [0.15, 0.2) is 0 Å². The molecule has 1 unspecified atom stereocenters. The van der Waals surface area contributed by atoms with Crippen LogP contribution in [-0.4, -0.2) is 37.0 Å². The molecule has 0 spiro atoms. The van der Waals surface area contributed by atoms with Crippen molar-refractivity contribution in [3.05, 3.63) is 29.8 Å². The molecule has 6 heteroatoms. The van der Waals surface area contributed by atoms with E-state index in [4.69, 9.17) is 5.26 Å². The van der Waals surface area contributed by atoms with Gasteiger partial charge in [-0.05, 0) is 24.6 Å². The molecule has 0 radical (unpaired) electrons. The van der Waals surface area contributed by atoms with Crippen LogP contribution in [0.15, 0.2) is 29.2 Å². The highest BCUT2D eigenvalue weighted by molar-refractivity contribution is 7.89. The lowest BCUT2D eigenvalue weighted by molar-refractivity contribution is 0.189. The van der Waals surface area contributed by atoms with E-state index >= 15 is 0 Å². The number of hydrogen-bond acceptors (Lipinski definition) is 4. The Labute approximate surface area is 100.0 Å². The molecule has 0 aromatic heterocycles. The second-order valence-electron chi connectivity index (χ2n) is 3.95. The molecule has 1 atom stereocenters. The maximum absolute atomic E-state index is 12.2. The first-order valence-corrected chi connectivity index (χ1v) is 6.66. The highest BCUT2D eigenvalue weighted by Gasteiger charge is 2.31. The molecule has 1 aromatic carbocycles. The third-order valence-electron chi connectivity index (χ3n) is 2.73. The number of aliphatic hydroxyl groups excluding tert-OH is 1. The standard InChI is InChI=1S/C11H12N2O3S/c12-7-9-2-1-3-11(6-9)17(15,16)13-5-4-10(14)8-13/h1-3,6,10,14H,4-5,8H2. The van der Waals surface area contributed by atoms with Gasteiger partial charge in [0.05, 0.1) is 22.6 Å². The number of hydrogen-bond donors (Lipinski definition) is 1. The molecule has 0 aliphatic carbocycles. The summed E-state index contributed by atoms with van der Waals surface area (Å²) in [7, 11) is -3.58. The quantitative estimate of drug-likeness (QED) is 0.821. The lowest BCUT2D eigenvalue weighted by atomic mass is 10.2. The Kier molecular flexibility index (Phi) is 3.15. The monoisotopic (exact) mass is 252 g/mol. The van der Waals surface area contributed by atoms with Crippen LogP contribution in [0.5, 0.6) is 0 Å². The first-order valence-electron chi connectivity index (χ1n) is 5.22. The van der Waals surface area contributed by atoms with E-state index in [0.29, 0.717) is 18.5 Å². The Morgan fingerprint density at radius 3 is 2.82 bits per heavy atom. The number of rotatable bonds is 2. The van der Waals surface area contributed by atoms with Gasteiger partial charge in [0, 0.05) is 13.1 Å². The van der Waals surface area contributed by atoms with Crippen LogP contribution in [0.1, 0.15) is 12.0 Å². The molecular weight excluding hydrogens is 240 g/mol. The summed E-state index contributed by atoms with van der Waals surface area (Å²) >= 11 is 0. The van der Waals surface area contributed by atoms with Crippen LogP contribution in [-0.2, 0) is 10.0 Å². The summed E-state index contributed by atoms with van der Waals surface area (Å²) in [6.45, 7) is 0.444. The van der Waals surface area contributed by atoms with Crippen LogP contribution < -0.4 is 0 Å². The summed E-state index contributed by atoms with van der Waals surface area (Å²) in [4.78, 5) is 0.102. The van der Waals surface area contributed by atoms with Crippen molar-refractivity contribution in [3.8, 4) is 6.07 Å². The molecule has 0 saturated carbocycles. The van der Waals surface area contributed by atoms with Crippen LogP contribution in [0.25, 0.3) is 0 Å². The minimum absolute atomic E-state index is 0.102. The smallest absolute Gasteiger partial charge is 0.243 e. The van der Waals surface area contributed by atoms with Crippen LogP contribution in [0.3, 0.4) is 0 Å². The van der Waals surface area contributed by atoms with E-state index in [1.165, 1.54) is 22.5 Å². The first-order chi connectivity index (χ1) is 8.04. The summed E-state index contributed by atoms with van der Waals surface area (Å²) < 4.78 is 25.6. The number of β-amino-alcohol motifs (C(OH)–C–C–N with tert-alkyl or cyclic N) is 1. The van der Waals surface area contributed by atoms with Gasteiger partial charge >= 0.3 is 0 Å². The second-order valence-corrected chi connectivity index (χ2v) is 5.88. The third-order valence-corrected chi connectivity index (χ3v) is 4.59. The Morgan fingerprint density at radius 1 is 1.47 bits per heavy atom. The number of nitrogens with zero attached hydrogens (tertiary/aromatic N) is 2. The van der Waals surface area contributed by atoms with Crippen LogP contribution >= 0.6 is 0 Å². The SMILES string of the molecule is N#Cc1cccc(S(=O)(=O)N2CCC(O)C2)c1. The molecule has 90 valence electrons. The first kappa shape index (κ1) is 12.0. The minimum atomic E-state index is -3.58. The fourth-order valence-corrected chi connectivity index (χ4v) is 3.34. The van der Waals surface area contributed by atoms with E-state index in [2.05, 4.69) is 0 Å². The van der Waals surface area contributed by atoms with E-state index in [0.717, 1.165) is 0 Å². The molecule has 2 rings (SSSR count). The zero-order valence-corrected chi connectivity index (χ0v) is 9.89. The molecule has 0 bridgehead atoms. The molecule has 5 nitrogen and oxygen atoms in total. The fraction of sp³-hybridized carbons (Fsp3) is 0.364. The highest BCUT2D eigenvalue weighted by Crippen LogP contribution is 2.21. The zero-order valence-electron chi connectivity index (χ0n) is 9.07. The average Bonchev–Trinajstić information content (AvgIpc) is 2.76. The number of aliphatic hydroxyl groups is 1. The molecule has 17 heavy (non-hydrogen) atoms. The van der Waals surface area contributed by atoms with E-state index < -0.39 is 16.1 Å². The molecule has 1 aromatic rings. The Hall–Kier alpha value is -1.42. The topological polar surface area (TPSA) is 81.4 Å². The fourth-order valence-electron chi connectivity index (χ4n) is 1.80. The van der Waals surface area contributed by atoms with Gasteiger partial charge in [-0.15, -0.1) is 0 Å². The van der Waals surface area contributed by atoms with Crippen molar-refractivity contribution in [2.75, 3.05) is 13.1 Å². The minimum Gasteiger partial charge on any atom is -0.392 e. The lowest BCUT2D eigenvalue weighted by Gasteiger charge is -2.15. The van der Waals surface area contributed by atoms with Crippen molar-refractivity contribution in [2.24, 2.45) is 0 Å². The van der Waals surface area contributed by atoms with Gasteiger partial charge in [-0.1, -0.05) is 6.07 Å². The third kappa shape index (κ3) is 2.31. The van der Waals surface area contributed by atoms with Crippen molar-refractivity contribution < 1.29 is 13.5 Å². The van der Waals surface area contributed by atoms with Crippen molar-refractivity contribution in [1.82, 2.24) is 4.31 Å². The normalized spacial score (nSPS) is 21.3. The van der Waals surface area contributed by atoms with E-state index in [9.17, 15) is 13.5 Å². The maximum atomic E-state index is 12.2.